The minimum absolute atomic E-state index is 0.0755. The van der Waals surface area contributed by atoms with Crippen molar-refractivity contribution in [3.05, 3.63) is 65.7 Å². The number of hydrogen-bond donors (Lipinski definition) is 2. The van der Waals surface area contributed by atoms with Gasteiger partial charge in [0.1, 0.15) is 0 Å². The molecule has 2 amide bonds. The van der Waals surface area contributed by atoms with Crippen LogP contribution in [0, 0.1) is 5.92 Å². The fourth-order valence-corrected chi connectivity index (χ4v) is 2.86. The van der Waals surface area contributed by atoms with Crippen LogP contribution in [-0.2, 0) is 14.3 Å². The van der Waals surface area contributed by atoms with Crippen LogP contribution in [0.5, 0.6) is 0 Å². The molecule has 0 aliphatic heterocycles. The summed E-state index contributed by atoms with van der Waals surface area (Å²) in [4.78, 5) is 36.3. The molecule has 0 unspecified atom stereocenters. The lowest BCUT2D eigenvalue weighted by molar-refractivity contribution is -0.155. The molecule has 0 aliphatic rings. The van der Waals surface area contributed by atoms with Crippen LogP contribution < -0.4 is 11.1 Å². The van der Waals surface area contributed by atoms with Gasteiger partial charge in [0.2, 0.25) is 5.91 Å². The highest BCUT2D eigenvalue weighted by Gasteiger charge is 2.30. The first-order chi connectivity index (χ1) is 13.3. The van der Waals surface area contributed by atoms with E-state index in [4.69, 9.17) is 10.5 Å². The summed E-state index contributed by atoms with van der Waals surface area (Å²) in [5.74, 6) is -1.77. The van der Waals surface area contributed by atoms with Crippen molar-refractivity contribution in [3.63, 3.8) is 0 Å². The Labute approximate surface area is 165 Å². The van der Waals surface area contributed by atoms with Gasteiger partial charge < -0.3 is 15.8 Å². The maximum Gasteiger partial charge on any atom is 0.314 e. The number of ether oxygens (including phenoxy) is 1. The number of anilines is 1. The van der Waals surface area contributed by atoms with Crippen LogP contribution in [0.2, 0.25) is 0 Å². The van der Waals surface area contributed by atoms with Gasteiger partial charge in [0.05, 0.1) is 5.92 Å². The number of carbonyl (C=O) groups is 3. The number of amides is 2. The molecule has 2 rings (SSSR count). The molecular weight excluding hydrogens is 356 g/mol. The standard InChI is InChI=1S/C22H26N2O4/c1-4-14(2)19(16-8-6-5-7-9-16)22(27)28-15(3)21(26)24-18-12-10-17(11-13-18)20(23)25/h5-15,19H,4H2,1-3H3,(H2,23,25)(H,24,26)/t14-,15+,19+/m0/s1. The Bertz CT molecular complexity index is 818. The largest absolute Gasteiger partial charge is 0.452 e. The number of primary amides is 1. The molecule has 0 spiro atoms. The average molecular weight is 382 g/mol. The molecule has 0 aromatic heterocycles. The fraction of sp³-hybridized carbons (Fsp3) is 0.318. The molecule has 3 atom stereocenters. The van der Waals surface area contributed by atoms with Crippen molar-refractivity contribution in [2.75, 3.05) is 5.32 Å². The summed E-state index contributed by atoms with van der Waals surface area (Å²) in [7, 11) is 0. The summed E-state index contributed by atoms with van der Waals surface area (Å²) in [6, 6.07) is 15.6. The van der Waals surface area contributed by atoms with Crippen molar-refractivity contribution >= 4 is 23.5 Å². The van der Waals surface area contributed by atoms with E-state index in [2.05, 4.69) is 5.32 Å². The molecule has 28 heavy (non-hydrogen) atoms. The maximum absolute atomic E-state index is 12.8. The Morgan fingerprint density at radius 2 is 1.61 bits per heavy atom. The summed E-state index contributed by atoms with van der Waals surface area (Å²) in [5.41, 5.74) is 6.90. The van der Waals surface area contributed by atoms with Crippen LogP contribution >= 0.6 is 0 Å². The highest BCUT2D eigenvalue weighted by Crippen LogP contribution is 2.28. The number of hydrogen-bond acceptors (Lipinski definition) is 4. The predicted molar refractivity (Wildman–Crippen MR) is 108 cm³/mol. The minimum atomic E-state index is -0.960. The number of nitrogens with two attached hydrogens (primary N) is 1. The van der Waals surface area contributed by atoms with Gasteiger partial charge in [0, 0.05) is 11.3 Å². The Morgan fingerprint density at radius 3 is 2.14 bits per heavy atom. The van der Waals surface area contributed by atoms with Crippen LogP contribution in [0.25, 0.3) is 0 Å². The number of carbonyl (C=O) groups excluding carboxylic acids is 3. The first-order valence-corrected chi connectivity index (χ1v) is 9.29. The van der Waals surface area contributed by atoms with Crippen molar-refractivity contribution in [2.24, 2.45) is 11.7 Å². The van der Waals surface area contributed by atoms with Crippen molar-refractivity contribution in [3.8, 4) is 0 Å². The molecule has 6 heteroatoms. The van der Waals surface area contributed by atoms with Gasteiger partial charge in [-0.3, -0.25) is 14.4 Å². The van der Waals surface area contributed by atoms with Crippen LogP contribution in [0.4, 0.5) is 5.69 Å². The van der Waals surface area contributed by atoms with Crippen molar-refractivity contribution in [1.82, 2.24) is 0 Å². The molecule has 148 valence electrons. The topological polar surface area (TPSA) is 98.5 Å². The summed E-state index contributed by atoms with van der Waals surface area (Å²) in [6.45, 7) is 5.54. The highest BCUT2D eigenvalue weighted by molar-refractivity contribution is 5.97. The van der Waals surface area contributed by atoms with Crippen LogP contribution in [-0.4, -0.2) is 23.9 Å². The molecule has 0 aliphatic carbocycles. The Balaban J connectivity index is 2.04. The summed E-state index contributed by atoms with van der Waals surface area (Å²) >= 11 is 0. The van der Waals surface area contributed by atoms with Gasteiger partial charge in [-0.25, -0.2) is 0 Å². The third-order valence-electron chi connectivity index (χ3n) is 4.72. The lowest BCUT2D eigenvalue weighted by Crippen LogP contribution is -2.33. The molecule has 0 saturated heterocycles. The van der Waals surface area contributed by atoms with E-state index in [0.717, 1.165) is 12.0 Å². The van der Waals surface area contributed by atoms with Crippen LogP contribution in [0.15, 0.2) is 54.6 Å². The second-order valence-corrected chi connectivity index (χ2v) is 6.78. The van der Waals surface area contributed by atoms with E-state index in [1.165, 1.54) is 19.1 Å². The maximum atomic E-state index is 12.8. The molecule has 0 bridgehead atoms. The van der Waals surface area contributed by atoms with Gasteiger partial charge >= 0.3 is 5.97 Å². The minimum Gasteiger partial charge on any atom is -0.452 e. The number of esters is 1. The molecule has 0 radical (unpaired) electrons. The zero-order chi connectivity index (χ0) is 20.7. The van der Waals surface area contributed by atoms with E-state index in [1.54, 1.807) is 12.1 Å². The van der Waals surface area contributed by atoms with Crippen molar-refractivity contribution in [1.29, 1.82) is 0 Å². The number of rotatable bonds is 8. The predicted octanol–water partition coefficient (Wildman–Crippen LogP) is 3.49. The normalized spacial score (nSPS) is 13.8. The van der Waals surface area contributed by atoms with Crippen molar-refractivity contribution < 1.29 is 19.1 Å². The second kappa shape index (κ2) is 9.69. The number of benzene rings is 2. The smallest absolute Gasteiger partial charge is 0.314 e. The van der Waals surface area contributed by atoms with Crippen LogP contribution in [0.1, 0.15) is 49.0 Å². The summed E-state index contributed by atoms with van der Waals surface area (Å²) in [5, 5.41) is 2.67. The monoisotopic (exact) mass is 382 g/mol. The molecular formula is C22H26N2O4. The molecule has 0 saturated carbocycles. The quantitative estimate of drug-likeness (QED) is 0.683. The van der Waals surface area contributed by atoms with E-state index < -0.39 is 29.8 Å². The zero-order valence-corrected chi connectivity index (χ0v) is 16.3. The van der Waals surface area contributed by atoms with Gasteiger partial charge in [-0.2, -0.15) is 0 Å². The molecule has 2 aromatic rings. The van der Waals surface area contributed by atoms with Gasteiger partial charge in [0.25, 0.3) is 5.91 Å². The first kappa shape index (κ1) is 21.2. The highest BCUT2D eigenvalue weighted by atomic mass is 16.5. The average Bonchev–Trinajstić information content (AvgIpc) is 2.69. The second-order valence-electron chi connectivity index (χ2n) is 6.78. The summed E-state index contributed by atoms with van der Waals surface area (Å²) in [6.07, 6.45) is -0.153. The zero-order valence-electron chi connectivity index (χ0n) is 16.3. The molecule has 2 aromatic carbocycles. The van der Waals surface area contributed by atoms with E-state index in [9.17, 15) is 14.4 Å². The van der Waals surface area contributed by atoms with Crippen LogP contribution in [0.3, 0.4) is 0 Å². The molecule has 0 fully saturated rings. The third kappa shape index (κ3) is 5.42. The first-order valence-electron chi connectivity index (χ1n) is 9.29. The number of nitrogens with one attached hydrogen (secondary N) is 1. The molecule has 0 heterocycles. The van der Waals surface area contributed by atoms with Gasteiger partial charge in [-0.1, -0.05) is 50.6 Å². The van der Waals surface area contributed by atoms with E-state index in [1.807, 2.05) is 44.2 Å². The Morgan fingerprint density at radius 1 is 1.00 bits per heavy atom. The van der Waals surface area contributed by atoms with Gasteiger partial charge in [-0.15, -0.1) is 0 Å². The molecule has 6 nitrogen and oxygen atoms in total. The lowest BCUT2D eigenvalue weighted by Gasteiger charge is -2.23. The van der Waals surface area contributed by atoms with Gasteiger partial charge in [0.15, 0.2) is 6.10 Å². The summed E-state index contributed by atoms with van der Waals surface area (Å²) < 4.78 is 5.46. The Kier molecular flexibility index (Phi) is 7.32. The van der Waals surface area contributed by atoms with E-state index >= 15 is 0 Å². The van der Waals surface area contributed by atoms with E-state index in [0.29, 0.717) is 11.3 Å². The third-order valence-corrected chi connectivity index (χ3v) is 4.72. The SMILES string of the molecule is CC[C@H](C)[C@@H](C(=O)O[C@H](C)C(=O)Nc1ccc(C(N)=O)cc1)c1ccccc1. The van der Waals surface area contributed by atoms with Crippen molar-refractivity contribution in [2.45, 2.75) is 39.2 Å². The fourth-order valence-electron chi connectivity index (χ4n) is 2.86. The van der Waals surface area contributed by atoms with E-state index in [-0.39, 0.29) is 5.92 Å². The Hall–Kier alpha value is -3.15. The molecule has 3 N–H and O–H groups in total. The van der Waals surface area contributed by atoms with Gasteiger partial charge in [-0.05, 0) is 42.7 Å². The lowest BCUT2D eigenvalue weighted by atomic mass is 9.85.